The predicted octanol–water partition coefficient (Wildman–Crippen LogP) is -3.88. The Balaban J connectivity index is 2.60. The first-order chi connectivity index (χ1) is 7.47. The van der Waals surface area contributed by atoms with E-state index >= 15 is 0 Å². The lowest BCUT2D eigenvalue weighted by atomic mass is 9.99. The molecule has 16 heavy (non-hydrogen) atoms. The van der Waals surface area contributed by atoms with Gasteiger partial charge in [0.25, 0.3) is 0 Å². The van der Waals surface area contributed by atoms with Crippen LogP contribution in [0.15, 0.2) is 0 Å². The van der Waals surface area contributed by atoms with E-state index in [1.54, 1.807) is 0 Å². The SMILES string of the molecule is NC(=S)NNC1OC(CO)C(O)C(O)C1O. The predicted molar refractivity (Wildman–Crippen MR) is 56.8 cm³/mol. The van der Waals surface area contributed by atoms with Gasteiger partial charge in [-0.3, -0.25) is 5.43 Å². The molecule has 5 unspecified atom stereocenters. The van der Waals surface area contributed by atoms with E-state index in [1.165, 1.54) is 0 Å². The third-order valence-electron chi connectivity index (χ3n) is 2.23. The van der Waals surface area contributed by atoms with Gasteiger partial charge in [0.05, 0.1) is 6.61 Å². The number of hydrogen-bond donors (Lipinski definition) is 7. The van der Waals surface area contributed by atoms with Crippen LogP contribution in [0.5, 0.6) is 0 Å². The van der Waals surface area contributed by atoms with E-state index < -0.39 is 37.3 Å². The molecule has 9 heteroatoms. The fraction of sp³-hybridized carbons (Fsp3) is 0.857. The van der Waals surface area contributed by atoms with Gasteiger partial charge in [0.2, 0.25) is 0 Å². The Morgan fingerprint density at radius 2 is 1.88 bits per heavy atom. The van der Waals surface area contributed by atoms with Crippen molar-refractivity contribution in [1.82, 2.24) is 10.9 Å². The van der Waals surface area contributed by atoms with Crippen molar-refractivity contribution in [3.8, 4) is 0 Å². The molecule has 8 nitrogen and oxygen atoms in total. The summed E-state index contributed by atoms with van der Waals surface area (Å²) in [5, 5.41) is 37.2. The summed E-state index contributed by atoms with van der Waals surface area (Å²) in [6, 6.07) is 0. The molecule has 0 radical (unpaired) electrons. The number of hydrogen-bond acceptors (Lipinski definition) is 7. The Kier molecular flexibility index (Phi) is 4.80. The van der Waals surface area contributed by atoms with Crippen LogP contribution in [0.2, 0.25) is 0 Å². The first-order valence-corrected chi connectivity index (χ1v) is 4.99. The van der Waals surface area contributed by atoms with E-state index in [0.29, 0.717) is 0 Å². The van der Waals surface area contributed by atoms with E-state index in [1.807, 2.05) is 0 Å². The highest BCUT2D eigenvalue weighted by molar-refractivity contribution is 7.80. The molecule has 5 atom stereocenters. The summed E-state index contributed by atoms with van der Waals surface area (Å²) in [6.07, 6.45) is -6.21. The Morgan fingerprint density at radius 1 is 1.25 bits per heavy atom. The molecule has 1 saturated heterocycles. The van der Waals surface area contributed by atoms with Crippen LogP contribution in [0, 0.1) is 0 Å². The lowest BCUT2D eigenvalue weighted by Gasteiger charge is -2.40. The quantitative estimate of drug-likeness (QED) is 0.199. The maximum absolute atomic E-state index is 9.53. The van der Waals surface area contributed by atoms with Crippen molar-refractivity contribution in [1.29, 1.82) is 0 Å². The first kappa shape index (κ1) is 13.5. The number of ether oxygens (including phenoxy) is 1. The van der Waals surface area contributed by atoms with Gasteiger partial charge in [0, 0.05) is 0 Å². The first-order valence-electron chi connectivity index (χ1n) is 4.59. The second kappa shape index (κ2) is 5.68. The largest absolute Gasteiger partial charge is 0.394 e. The Bertz CT molecular complexity index is 254. The molecule has 0 aromatic rings. The molecule has 0 saturated carbocycles. The van der Waals surface area contributed by atoms with Crippen molar-refractivity contribution in [3.05, 3.63) is 0 Å². The second-order valence-corrected chi connectivity index (χ2v) is 3.82. The van der Waals surface area contributed by atoms with Crippen LogP contribution in [-0.4, -0.2) is 62.8 Å². The molecule has 1 aliphatic rings. The zero-order valence-electron chi connectivity index (χ0n) is 8.28. The van der Waals surface area contributed by atoms with Crippen molar-refractivity contribution in [2.45, 2.75) is 30.6 Å². The van der Waals surface area contributed by atoms with Gasteiger partial charge < -0.3 is 30.9 Å². The van der Waals surface area contributed by atoms with Crippen molar-refractivity contribution in [2.75, 3.05) is 6.61 Å². The van der Waals surface area contributed by atoms with Crippen LogP contribution in [-0.2, 0) is 4.74 Å². The topological polar surface area (TPSA) is 140 Å². The maximum atomic E-state index is 9.53. The molecule has 94 valence electrons. The molecule has 0 aromatic heterocycles. The highest BCUT2D eigenvalue weighted by Gasteiger charge is 2.43. The molecular weight excluding hydrogens is 238 g/mol. The number of aliphatic hydroxyl groups is 4. The molecule has 0 amide bonds. The third-order valence-corrected chi connectivity index (χ3v) is 2.33. The van der Waals surface area contributed by atoms with Crippen LogP contribution in [0.3, 0.4) is 0 Å². The number of hydrazine groups is 1. The van der Waals surface area contributed by atoms with Gasteiger partial charge in [-0.1, -0.05) is 0 Å². The smallest absolute Gasteiger partial charge is 0.178 e. The van der Waals surface area contributed by atoms with Crippen molar-refractivity contribution >= 4 is 17.3 Å². The van der Waals surface area contributed by atoms with Gasteiger partial charge >= 0.3 is 0 Å². The van der Waals surface area contributed by atoms with Gasteiger partial charge in [-0.25, -0.2) is 5.43 Å². The molecule has 1 rings (SSSR count). The highest BCUT2D eigenvalue weighted by atomic mass is 32.1. The van der Waals surface area contributed by atoms with Gasteiger partial charge in [-0.15, -0.1) is 0 Å². The molecule has 0 bridgehead atoms. The molecule has 1 heterocycles. The monoisotopic (exact) mass is 253 g/mol. The Morgan fingerprint density at radius 3 is 2.38 bits per heavy atom. The summed E-state index contributed by atoms with van der Waals surface area (Å²) in [7, 11) is 0. The summed E-state index contributed by atoms with van der Waals surface area (Å²) < 4.78 is 5.08. The standard InChI is InChI=1S/C7H15N3O5S/c8-7(16)10-9-6-5(14)4(13)3(12)2(1-11)15-6/h2-6,9,11-14H,1H2,(H3,8,10,16). The lowest BCUT2D eigenvalue weighted by molar-refractivity contribution is -0.238. The fourth-order valence-electron chi connectivity index (χ4n) is 1.36. The second-order valence-electron chi connectivity index (χ2n) is 3.38. The minimum atomic E-state index is -1.43. The summed E-state index contributed by atoms with van der Waals surface area (Å²) in [5.41, 5.74) is 9.88. The lowest BCUT2D eigenvalue weighted by Crippen LogP contribution is -2.65. The zero-order chi connectivity index (χ0) is 12.3. The minimum absolute atomic E-state index is 0.0723. The molecule has 0 aromatic carbocycles. The van der Waals surface area contributed by atoms with E-state index in [9.17, 15) is 15.3 Å². The van der Waals surface area contributed by atoms with Gasteiger partial charge in [-0.05, 0) is 12.2 Å². The van der Waals surface area contributed by atoms with Crippen molar-refractivity contribution < 1.29 is 25.2 Å². The number of nitrogens with two attached hydrogens (primary N) is 1. The summed E-state index contributed by atoms with van der Waals surface area (Å²) in [4.78, 5) is 0. The van der Waals surface area contributed by atoms with Crippen LogP contribution < -0.4 is 16.6 Å². The van der Waals surface area contributed by atoms with Gasteiger partial charge in [0.15, 0.2) is 11.3 Å². The van der Waals surface area contributed by atoms with Crippen LogP contribution >= 0.6 is 12.2 Å². The van der Waals surface area contributed by atoms with Crippen molar-refractivity contribution in [3.63, 3.8) is 0 Å². The Hall–Kier alpha value is -0.550. The van der Waals surface area contributed by atoms with E-state index in [2.05, 4.69) is 23.1 Å². The van der Waals surface area contributed by atoms with Crippen LogP contribution in [0.1, 0.15) is 0 Å². The van der Waals surface area contributed by atoms with Crippen LogP contribution in [0.25, 0.3) is 0 Å². The normalized spacial score (nSPS) is 39.4. The molecule has 1 aliphatic heterocycles. The number of aliphatic hydroxyl groups excluding tert-OH is 4. The zero-order valence-corrected chi connectivity index (χ0v) is 9.09. The molecule has 0 aliphatic carbocycles. The average Bonchev–Trinajstić information content (AvgIpc) is 2.25. The number of thiocarbonyl (C=S) groups is 1. The summed E-state index contributed by atoms with van der Waals surface area (Å²) >= 11 is 4.52. The Labute approximate surface area is 97.0 Å². The van der Waals surface area contributed by atoms with Gasteiger partial charge in [0.1, 0.15) is 24.4 Å². The van der Waals surface area contributed by atoms with E-state index in [-0.39, 0.29) is 5.11 Å². The van der Waals surface area contributed by atoms with Gasteiger partial charge in [-0.2, -0.15) is 0 Å². The van der Waals surface area contributed by atoms with E-state index in [4.69, 9.17) is 15.6 Å². The average molecular weight is 253 g/mol. The summed E-state index contributed by atoms with van der Waals surface area (Å²) in [5.74, 6) is 0. The fourth-order valence-corrected chi connectivity index (χ4v) is 1.42. The number of nitrogens with one attached hydrogen (secondary N) is 2. The summed E-state index contributed by atoms with van der Waals surface area (Å²) in [6.45, 7) is -0.490. The highest BCUT2D eigenvalue weighted by Crippen LogP contribution is 2.19. The minimum Gasteiger partial charge on any atom is -0.394 e. The van der Waals surface area contributed by atoms with Crippen molar-refractivity contribution in [2.24, 2.45) is 5.73 Å². The van der Waals surface area contributed by atoms with E-state index in [0.717, 1.165) is 0 Å². The number of rotatable bonds is 3. The molecular formula is C7H15N3O5S. The molecule has 8 N–H and O–H groups in total. The third kappa shape index (κ3) is 2.98. The maximum Gasteiger partial charge on any atom is 0.178 e. The van der Waals surface area contributed by atoms with Crippen LogP contribution in [0.4, 0.5) is 0 Å². The molecule has 0 spiro atoms. The molecule has 1 fully saturated rings.